The fraction of sp³-hybridized carbons (Fsp3) is 0.389. The maximum absolute atomic E-state index is 13.1. The van der Waals surface area contributed by atoms with Crippen LogP contribution in [0, 0.1) is 18.7 Å². The number of aryl methyl sites for hydroxylation is 1. The van der Waals surface area contributed by atoms with Crippen molar-refractivity contribution in [3.05, 3.63) is 45.9 Å². The van der Waals surface area contributed by atoms with Gasteiger partial charge in [-0.05, 0) is 55.0 Å². The van der Waals surface area contributed by atoms with Gasteiger partial charge in [0, 0.05) is 24.6 Å². The zero-order chi connectivity index (χ0) is 16.4. The van der Waals surface area contributed by atoms with E-state index in [1.807, 2.05) is 17.9 Å². The molecule has 0 bridgehead atoms. The molecule has 2 heterocycles. The van der Waals surface area contributed by atoms with Gasteiger partial charge >= 0.3 is 0 Å². The number of piperidine rings is 1. The minimum absolute atomic E-state index is 0.0582. The van der Waals surface area contributed by atoms with Crippen LogP contribution in [0.25, 0.3) is 11.1 Å². The summed E-state index contributed by atoms with van der Waals surface area (Å²) in [5.41, 5.74) is 1.92. The number of aliphatic hydroxyl groups excluding tert-OH is 1. The SMILES string of the molecule is Cc1sc(C(=O)N2CCC(CO)CC2)cc1-c1ccc(F)cc1. The first-order chi connectivity index (χ1) is 11.1. The van der Waals surface area contributed by atoms with Crippen LogP contribution in [0.2, 0.25) is 0 Å². The molecule has 0 aliphatic carbocycles. The molecule has 2 aromatic rings. The summed E-state index contributed by atoms with van der Waals surface area (Å²) in [6, 6.07) is 8.27. The highest BCUT2D eigenvalue weighted by atomic mass is 32.1. The quantitative estimate of drug-likeness (QED) is 0.930. The van der Waals surface area contributed by atoms with Crippen LogP contribution in [0.3, 0.4) is 0 Å². The maximum Gasteiger partial charge on any atom is 0.263 e. The highest BCUT2D eigenvalue weighted by Gasteiger charge is 2.24. The molecule has 0 saturated carbocycles. The Hall–Kier alpha value is -1.72. The minimum atomic E-state index is -0.260. The fourth-order valence-corrected chi connectivity index (χ4v) is 3.99. The Bertz CT molecular complexity index is 688. The second-order valence-corrected chi connectivity index (χ2v) is 7.26. The van der Waals surface area contributed by atoms with E-state index in [0.717, 1.165) is 33.7 Å². The van der Waals surface area contributed by atoms with Crippen molar-refractivity contribution in [2.75, 3.05) is 19.7 Å². The molecule has 1 aromatic heterocycles. The first kappa shape index (κ1) is 16.1. The van der Waals surface area contributed by atoms with Crippen LogP contribution in [0.5, 0.6) is 0 Å². The van der Waals surface area contributed by atoms with Gasteiger partial charge < -0.3 is 10.0 Å². The predicted octanol–water partition coefficient (Wildman–Crippen LogP) is 3.71. The summed E-state index contributed by atoms with van der Waals surface area (Å²) in [4.78, 5) is 16.3. The number of thiophene rings is 1. The van der Waals surface area contributed by atoms with Crippen molar-refractivity contribution in [2.24, 2.45) is 5.92 Å². The van der Waals surface area contributed by atoms with E-state index < -0.39 is 0 Å². The predicted molar refractivity (Wildman–Crippen MR) is 90.2 cm³/mol. The van der Waals surface area contributed by atoms with E-state index in [-0.39, 0.29) is 18.3 Å². The van der Waals surface area contributed by atoms with Gasteiger partial charge in [0.2, 0.25) is 0 Å². The normalized spacial score (nSPS) is 15.9. The summed E-state index contributed by atoms with van der Waals surface area (Å²) in [6.45, 7) is 3.59. The summed E-state index contributed by atoms with van der Waals surface area (Å²) in [5.74, 6) is 0.117. The molecule has 1 N–H and O–H groups in total. The summed E-state index contributed by atoms with van der Waals surface area (Å²) < 4.78 is 13.1. The number of rotatable bonds is 3. The van der Waals surface area contributed by atoms with Crippen LogP contribution < -0.4 is 0 Å². The van der Waals surface area contributed by atoms with Crippen molar-refractivity contribution in [1.82, 2.24) is 4.90 Å². The lowest BCUT2D eigenvalue weighted by Gasteiger charge is -2.30. The van der Waals surface area contributed by atoms with E-state index in [1.165, 1.54) is 23.5 Å². The lowest BCUT2D eigenvalue weighted by molar-refractivity contribution is 0.0655. The topological polar surface area (TPSA) is 40.5 Å². The number of hydrogen-bond donors (Lipinski definition) is 1. The van der Waals surface area contributed by atoms with E-state index in [9.17, 15) is 14.3 Å². The van der Waals surface area contributed by atoms with Crippen LogP contribution >= 0.6 is 11.3 Å². The number of nitrogens with zero attached hydrogens (tertiary/aromatic N) is 1. The Morgan fingerprint density at radius 3 is 2.57 bits per heavy atom. The molecule has 122 valence electrons. The molecule has 23 heavy (non-hydrogen) atoms. The number of carbonyl (C=O) groups excluding carboxylic acids is 1. The number of benzene rings is 1. The van der Waals surface area contributed by atoms with E-state index >= 15 is 0 Å². The molecule has 0 spiro atoms. The van der Waals surface area contributed by atoms with Gasteiger partial charge in [-0.1, -0.05) is 12.1 Å². The first-order valence-electron chi connectivity index (χ1n) is 7.85. The zero-order valence-electron chi connectivity index (χ0n) is 13.1. The van der Waals surface area contributed by atoms with Crippen molar-refractivity contribution < 1.29 is 14.3 Å². The Labute approximate surface area is 139 Å². The summed E-state index contributed by atoms with van der Waals surface area (Å²) >= 11 is 1.49. The zero-order valence-corrected chi connectivity index (χ0v) is 13.9. The Morgan fingerprint density at radius 2 is 1.96 bits per heavy atom. The molecule has 0 radical (unpaired) electrons. The average Bonchev–Trinajstić information content (AvgIpc) is 2.97. The summed E-state index contributed by atoms with van der Waals surface area (Å²) in [6.07, 6.45) is 1.72. The molecule has 1 fully saturated rings. The molecule has 1 amide bonds. The number of aliphatic hydroxyl groups is 1. The van der Waals surface area contributed by atoms with Crippen molar-refractivity contribution >= 4 is 17.2 Å². The number of likely N-dealkylation sites (tertiary alicyclic amines) is 1. The third-order valence-electron chi connectivity index (χ3n) is 4.44. The van der Waals surface area contributed by atoms with Gasteiger partial charge in [-0.15, -0.1) is 11.3 Å². The molecule has 5 heteroatoms. The van der Waals surface area contributed by atoms with Crippen LogP contribution in [-0.4, -0.2) is 35.6 Å². The Kier molecular flexibility index (Phi) is 4.78. The second kappa shape index (κ2) is 6.81. The lowest BCUT2D eigenvalue weighted by Crippen LogP contribution is -2.38. The van der Waals surface area contributed by atoms with Crippen molar-refractivity contribution in [3.8, 4) is 11.1 Å². The molecular weight excluding hydrogens is 313 g/mol. The maximum atomic E-state index is 13.1. The average molecular weight is 333 g/mol. The van der Waals surface area contributed by atoms with Gasteiger partial charge in [0.15, 0.2) is 0 Å². The molecule has 1 saturated heterocycles. The van der Waals surface area contributed by atoms with Crippen molar-refractivity contribution in [2.45, 2.75) is 19.8 Å². The molecule has 0 atom stereocenters. The van der Waals surface area contributed by atoms with E-state index in [0.29, 0.717) is 19.0 Å². The summed E-state index contributed by atoms with van der Waals surface area (Å²) in [7, 11) is 0. The third kappa shape index (κ3) is 3.46. The number of halogens is 1. The number of carbonyl (C=O) groups is 1. The fourth-order valence-electron chi connectivity index (χ4n) is 2.98. The lowest BCUT2D eigenvalue weighted by atomic mass is 9.98. The van der Waals surface area contributed by atoms with Crippen LogP contribution in [-0.2, 0) is 0 Å². The number of hydrogen-bond acceptors (Lipinski definition) is 3. The van der Waals surface area contributed by atoms with Gasteiger partial charge in [-0.3, -0.25) is 4.79 Å². The van der Waals surface area contributed by atoms with Gasteiger partial charge in [0.1, 0.15) is 5.82 Å². The van der Waals surface area contributed by atoms with E-state index in [4.69, 9.17) is 0 Å². The Morgan fingerprint density at radius 1 is 1.30 bits per heavy atom. The highest BCUT2D eigenvalue weighted by Crippen LogP contribution is 2.32. The van der Waals surface area contributed by atoms with Crippen LogP contribution in [0.1, 0.15) is 27.4 Å². The smallest absolute Gasteiger partial charge is 0.263 e. The Balaban J connectivity index is 1.78. The second-order valence-electron chi connectivity index (χ2n) is 6.01. The van der Waals surface area contributed by atoms with Gasteiger partial charge in [0.05, 0.1) is 4.88 Å². The molecule has 1 aromatic carbocycles. The summed E-state index contributed by atoms with van der Waals surface area (Å²) in [5, 5.41) is 9.19. The van der Waals surface area contributed by atoms with Gasteiger partial charge in [0.25, 0.3) is 5.91 Å². The minimum Gasteiger partial charge on any atom is -0.396 e. The van der Waals surface area contributed by atoms with Crippen molar-refractivity contribution in [3.63, 3.8) is 0 Å². The van der Waals surface area contributed by atoms with E-state index in [2.05, 4.69) is 0 Å². The highest BCUT2D eigenvalue weighted by molar-refractivity contribution is 7.14. The van der Waals surface area contributed by atoms with Crippen LogP contribution in [0.15, 0.2) is 30.3 Å². The molecule has 1 aliphatic rings. The number of amides is 1. The first-order valence-corrected chi connectivity index (χ1v) is 8.66. The largest absolute Gasteiger partial charge is 0.396 e. The van der Waals surface area contributed by atoms with E-state index in [1.54, 1.807) is 12.1 Å². The monoisotopic (exact) mass is 333 g/mol. The molecule has 0 unspecified atom stereocenters. The van der Waals surface area contributed by atoms with Crippen molar-refractivity contribution in [1.29, 1.82) is 0 Å². The van der Waals surface area contributed by atoms with Crippen LogP contribution in [0.4, 0.5) is 4.39 Å². The van der Waals surface area contributed by atoms with Gasteiger partial charge in [-0.25, -0.2) is 4.39 Å². The molecular formula is C18H20FNO2S. The standard InChI is InChI=1S/C18H20FNO2S/c1-12-16(14-2-4-15(19)5-3-14)10-17(23-12)18(22)20-8-6-13(11-21)7-9-20/h2-5,10,13,21H,6-9,11H2,1H3. The molecule has 3 nitrogen and oxygen atoms in total. The third-order valence-corrected chi connectivity index (χ3v) is 5.48. The molecule has 3 rings (SSSR count). The molecule has 1 aliphatic heterocycles. The van der Waals surface area contributed by atoms with Gasteiger partial charge in [-0.2, -0.15) is 0 Å².